The zero-order valence-electron chi connectivity index (χ0n) is 6.59. The number of ether oxygens (including phenoxy) is 1. The molecule has 0 radical (unpaired) electrons. The Hall–Kier alpha value is -0.570. The number of hydrogen-bond acceptors (Lipinski definition) is 3. The molecule has 0 N–H and O–H groups in total. The second-order valence-corrected chi connectivity index (χ2v) is 2.61. The molecule has 0 amide bonds. The van der Waals surface area contributed by atoms with E-state index in [1.165, 1.54) is 7.11 Å². The van der Waals surface area contributed by atoms with E-state index in [-0.39, 0.29) is 18.3 Å². The van der Waals surface area contributed by atoms with Crippen molar-refractivity contribution in [2.75, 3.05) is 7.11 Å². The molecular weight excluding hydrogens is 168 g/mol. The summed E-state index contributed by atoms with van der Waals surface area (Å²) >= 11 is 5.11. The average Bonchev–Trinajstić information content (AvgIpc) is 1.98. The molecular formula is C7H11ClO3. The molecule has 0 saturated heterocycles. The van der Waals surface area contributed by atoms with E-state index >= 15 is 0 Å². The zero-order chi connectivity index (χ0) is 8.85. The average molecular weight is 179 g/mol. The largest absolute Gasteiger partial charge is 0.469 e. The quantitative estimate of drug-likeness (QED) is 0.482. The number of hydrogen-bond donors (Lipinski definition) is 0. The van der Waals surface area contributed by atoms with Crippen LogP contribution >= 0.6 is 11.6 Å². The lowest BCUT2D eigenvalue weighted by atomic mass is 10.0. The normalized spacial score (nSPS) is 12.3. The molecule has 1 atom stereocenters. The number of esters is 1. The molecule has 1 unspecified atom stereocenters. The van der Waals surface area contributed by atoms with Crippen molar-refractivity contribution in [3.8, 4) is 0 Å². The number of halogens is 1. The van der Waals surface area contributed by atoms with Crippen molar-refractivity contribution in [1.29, 1.82) is 0 Å². The van der Waals surface area contributed by atoms with E-state index in [9.17, 15) is 9.59 Å². The van der Waals surface area contributed by atoms with Crippen LogP contribution in [-0.4, -0.2) is 18.3 Å². The second-order valence-electron chi connectivity index (χ2n) is 2.19. The fraction of sp³-hybridized carbons (Fsp3) is 0.714. The zero-order valence-corrected chi connectivity index (χ0v) is 7.35. The van der Waals surface area contributed by atoms with E-state index in [0.717, 1.165) is 0 Å². The molecule has 0 bridgehead atoms. The molecule has 0 fully saturated rings. The molecule has 0 saturated carbocycles. The van der Waals surface area contributed by atoms with E-state index in [2.05, 4.69) is 4.74 Å². The van der Waals surface area contributed by atoms with E-state index in [1.54, 1.807) is 6.92 Å². The van der Waals surface area contributed by atoms with Gasteiger partial charge in [-0.25, -0.2) is 0 Å². The Kier molecular flexibility index (Phi) is 4.86. The smallest absolute Gasteiger partial charge is 0.309 e. The number of methoxy groups -OCH3 is 1. The summed E-state index contributed by atoms with van der Waals surface area (Å²) in [4.78, 5) is 21.2. The Balaban J connectivity index is 3.94. The van der Waals surface area contributed by atoms with Gasteiger partial charge in [0.2, 0.25) is 5.24 Å². The first kappa shape index (κ1) is 10.4. The molecule has 3 nitrogen and oxygen atoms in total. The summed E-state index contributed by atoms with van der Waals surface area (Å²) in [6, 6.07) is 0. The molecule has 0 spiro atoms. The summed E-state index contributed by atoms with van der Waals surface area (Å²) in [6.07, 6.45) is 0.635. The van der Waals surface area contributed by atoms with Gasteiger partial charge in [0.1, 0.15) is 0 Å². The standard InChI is InChI=1S/C7H11ClO3/c1-3-5(4-6(8)9)7(10)11-2/h5H,3-4H2,1-2H3. The minimum Gasteiger partial charge on any atom is -0.469 e. The highest BCUT2D eigenvalue weighted by atomic mass is 35.5. The fourth-order valence-electron chi connectivity index (χ4n) is 0.755. The van der Waals surface area contributed by atoms with E-state index in [0.29, 0.717) is 6.42 Å². The van der Waals surface area contributed by atoms with Crippen LogP contribution in [0.1, 0.15) is 19.8 Å². The van der Waals surface area contributed by atoms with Gasteiger partial charge in [0.15, 0.2) is 0 Å². The van der Waals surface area contributed by atoms with Gasteiger partial charge in [-0.1, -0.05) is 6.92 Å². The summed E-state index contributed by atoms with van der Waals surface area (Å²) in [5, 5.41) is -0.498. The fourth-order valence-corrected chi connectivity index (χ4v) is 0.941. The van der Waals surface area contributed by atoms with Crippen LogP contribution in [0, 0.1) is 5.92 Å². The maximum atomic E-state index is 10.8. The summed E-state index contributed by atoms with van der Waals surface area (Å²) in [6.45, 7) is 1.81. The Labute approximate surface area is 70.7 Å². The van der Waals surface area contributed by atoms with Crippen molar-refractivity contribution in [2.24, 2.45) is 5.92 Å². The number of carbonyl (C=O) groups excluding carboxylic acids is 2. The lowest BCUT2D eigenvalue weighted by molar-refractivity contribution is -0.146. The Morgan fingerprint density at radius 1 is 1.55 bits per heavy atom. The van der Waals surface area contributed by atoms with Gasteiger partial charge in [0.25, 0.3) is 0 Å². The molecule has 0 aromatic rings. The molecule has 4 heteroatoms. The van der Waals surface area contributed by atoms with Crippen LogP contribution in [0.3, 0.4) is 0 Å². The molecule has 0 heterocycles. The molecule has 0 aliphatic rings. The van der Waals surface area contributed by atoms with E-state index in [1.807, 2.05) is 0 Å². The predicted octanol–water partition coefficient (Wildman–Crippen LogP) is 1.34. The summed E-state index contributed by atoms with van der Waals surface area (Å²) in [7, 11) is 1.30. The Morgan fingerprint density at radius 2 is 2.09 bits per heavy atom. The molecule has 64 valence electrons. The third kappa shape index (κ3) is 3.98. The van der Waals surface area contributed by atoms with Crippen molar-refractivity contribution >= 4 is 22.8 Å². The van der Waals surface area contributed by atoms with Crippen molar-refractivity contribution in [2.45, 2.75) is 19.8 Å². The first-order chi connectivity index (χ1) is 5.11. The van der Waals surface area contributed by atoms with Gasteiger partial charge in [-0.15, -0.1) is 0 Å². The summed E-state index contributed by atoms with van der Waals surface area (Å²) < 4.78 is 4.45. The maximum Gasteiger partial charge on any atom is 0.309 e. The molecule has 0 rings (SSSR count). The molecule has 0 aromatic heterocycles. The lowest BCUT2D eigenvalue weighted by Crippen LogP contribution is -2.17. The summed E-state index contributed by atoms with van der Waals surface area (Å²) in [5.74, 6) is -0.758. The predicted molar refractivity (Wildman–Crippen MR) is 41.3 cm³/mol. The second kappa shape index (κ2) is 5.13. The molecule has 0 aliphatic carbocycles. The van der Waals surface area contributed by atoms with Crippen LogP contribution in [0.25, 0.3) is 0 Å². The minimum absolute atomic E-state index is 0.0602. The van der Waals surface area contributed by atoms with Gasteiger partial charge >= 0.3 is 5.97 Å². The van der Waals surface area contributed by atoms with Gasteiger partial charge in [-0.2, -0.15) is 0 Å². The van der Waals surface area contributed by atoms with Crippen LogP contribution < -0.4 is 0 Å². The maximum absolute atomic E-state index is 10.8. The van der Waals surface area contributed by atoms with Gasteiger partial charge in [-0.05, 0) is 18.0 Å². The third-order valence-electron chi connectivity index (χ3n) is 1.43. The van der Waals surface area contributed by atoms with Crippen molar-refractivity contribution in [1.82, 2.24) is 0 Å². The van der Waals surface area contributed by atoms with Crippen molar-refractivity contribution in [3.05, 3.63) is 0 Å². The van der Waals surface area contributed by atoms with Crippen LogP contribution in [0.2, 0.25) is 0 Å². The molecule has 0 aliphatic heterocycles. The van der Waals surface area contributed by atoms with E-state index in [4.69, 9.17) is 11.6 Å². The van der Waals surface area contributed by atoms with Crippen molar-refractivity contribution in [3.63, 3.8) is 0 Å². The highest BCUT2D eigenvalue weighted by Gasteiger charge is 2.19. The first-order valence-corrected chi connectivity index (χ1v) is 3.75. The van der Waals surface area contributed by atoms with Crippen LogP contribution in [0.5, 0.6) is 0 Å². The molecule has 11 heavy (non-hydrogen) atoms. The van der Waals surface area contributed by atoms with Crippen LogP contribution in [0.4, 0.5) is 0 Å². The van der Waals surface area contributed by atoms with Gasteiger partial charge in [0, 0.05) is 6.42 Å². The topological polar surface area (TPSA) is 43.4 Å². The van der Waals surface area contributed by atoms with E-state index < -0.39 is 5.24 Å². The van der Waals surface area contributed by atoms with Crippen LogP contribution in [0.15, 0.2) is 0 Å². The van der Waals surface area contributed by atoms with Crippen LogP contribution in [-0.2, 0) is 14.3 Å². The third-order valence-corrected chi connectivity index (χ3v) is 1.59. The van der Waals surface area contributed by atoms with Crippen molar-refractivity contribution < 1.29 is 14.3 Å². The monoisotopic (exact) mass is 178 g/mol. The van der Waals surface area contributed by atoms with Gasteiger partial charge in [-0.3, -0.25) is 9.59 Å². The number of rotatable bonds is 4. The summed E-state index contributed by atoms with van der Waals surface area (Å²) in [5.41, 5.74) is 0. The van der Waals surface area contributed by atoms with Gasteiger partial charge < -0.3 is 4.74 Å². The lowest BCUT2D eigenvalue weighted by Gasteiger charge is -2.08. The first-order valence-electron chi connectivity index (χ1n) is 3.38. The highest BCUT2D eigenvalue weighted by Crippen LogP contribution is 2.11. The highest BCUT2D eigenvalue weighted by molar-refractivity contribution is 6.63. The van der Waals surface area contributed by atoms with Gasteiger partial charge in [0.05, 0.1) is 13.0 Å². The SMILES string of the molecule is CCC(CC(=O)Cl)C(=O)OC. The molecule has 0 aromatic carbocycles. The number of carbonyl (C=O) groups is 2. The Bertz CT molecular complexity index is 156. The minimum atomic E-state index is -0.498. The Morgan fingerprint density at radius 3 is 2.36 bits per heavy atom.